The molecule has 47 heavy (non-hydrogen) atoms. The topological polar surface area (TPSA) is 9.86 Å². The van der Waals surface area contributed by atoms with Crippen LogP contribution in [0.4, 0.5) is 0 Å². The number of aromatic nitrogens is 2. The first kappa shape index (κ1) is 30.2. The van der Waals surface area contributed by atoms with Gasteiger partial charge in [0.2, 0.25) is 0 Å². The third-order valence-corrected chi connectivity index (χ3v) is 16.6. The molecular formula is C42H28Cl2HfN2. The second kappa shape index (κ2) is 11.8. The molecule has 2 atom stereocenters. The summed E-state index contributed by atoms with van der Waals surface area (Å²) >= 11 is -1.56. The molecule has 10 rings (SSSR count). The monoisotopic (exact) mass is 810 g/mol. The number of hydrogen-bond donors (Lipinski definition) is 0. The van der Waals surface area contributed by atoms with E-state index in [-0.39, 0.29) is 24.8 Å². The largest absolute Gasteiger partial charge is 1.00 e. The standard InChI is InChI=1S/2C21H14N.2ClH.Hf/c2*1-2-8-16-14-17(13-15(16)7-1)22-20-11-5-3-9-18(20)19-10-4-6-12-21(19)22;;;/h2*1-14H;2*1H;/q;;;;+2/p-2. The van der Waals surface area contributed by atoms with E-state index < -0.39 is 22.9 Å². The molecular weight excluding hydrogens is 782 g/mol. The number of nitrogens with zero attached hydrogens (tertiary/aromatic N) is 2. The van der Waals surface area contributed by atoms with E-state index in [1.54, 1.807) is 0 Å². The molecule has 224 valence electrons. The van der Waals surface area contributed by atoms with Crippen LogP contribution >= 0.6 is 0 Å². The van der Waals surface area contributed by atoms with Gasteiger partial charge >= 0.3 is 274 Å². The van der Waals surface area contributed by atoms with Crippen molar-refractivity contribution in [2.24, 2.45) is 0 Å². The molecule has 0 radical (unpaired) electrons. The minimum Gasteiger partial charge on any atom is -1.00 e. The molecule has 0 amide bonds. The summed E-state index contributed by atoms with van der Waals surface area (Å²) in [5.41, 5.74) is 13.9. The Hall–Kier alpha value is -4.15. The van der Waals surface area contributed by atoms with E-state index in [1.807, 2.05) is 0 Å². The molecule has 2 nitrogen and oxygen atoms in total. The van der Waals surface area contributed by atoms with Gasteiger partial charge < -0.3 is 24.8 Å². The van der Waals surface area contributed by atoms with Crippen LogP contribution in [0.15, 0.2) is 146 Å². The van der Waals surface area contributed by atoms with Gasteiger partial charge in [-0.1, -0.05) is 0 Å². The summed E-state index contributed by atoms with van der Waals surface area (Å²) in [5, 5.41) is 5.31. The van der Waals surface area contributed by atoms with E-state index in [2.05, 4.69) is 167 Å². The molecule has 2 aromatic heterocycles. The van der Waals surface area contributed by atoms with Gasteiger partial charge in [-0.2, -0.15) is 0 Å². The maximum Gasteiger partial charge on any atom is -1.00 e. The van der Waals surface area contributed by atoms with Crippen LogP contribution in [0.1, 0.15) is 29.6 Å². The molecule has 8 aromatic rings. The Morgan fingerprint density at radius 1 is 0.362 bits per heavy atom. The molecule has 0 fully saturated rings. The first-order valence-corrected chi connectivity index (χ1v) is 19.8. The van der Waals surface area contributed by atoms with Crippen molar-refractivity contribution in [3.8, 4) is 0 Å². The SMILES string of the molecule is C1=C(n2c3ccccc3c3ccccc32)[CH]([Hf+2][CH]2C(n3c4ccccc4c4ccccc43)=Cc3ccccc32)c2ccccc21.[Cl-].[Cl-]. The van der Waals surface area contributed by atoms with Gasteiger partial charge in [-0.25, -0.2) is 0 Å². The van der Waals surface area contributed by atoms with Gasteiger partial charge in [-0.05, 0) is 0 Å². The average Bonchev–Trinajstić information content (AvgIpc) is 3.83. The Bertz CT molecular complexity index is 2270. The fourth-order valence-electron chi connectivity index (χ4n) is 7.92. The summed E-state index contributed by atoms with van der Waals surface area (Å²) in [6, 6.07) is 54.1. The van der Waals surface area contributed by atoms with Gasteiger partial charge in [-0.3, -0.25) is 0 Å². The minimum atomic E-state index is -1.56. The van der Waals surface area contributed by atoms with Gasteiger partial charge in [0.05, 0.1) is 0 Å². The van der Waals surface area contributed by atoms with Crippen molar-refractivity contribution in [3.63, 3.8) is 0 Å². The summed E-state index contributed by atoms with van der Waals surface area (Å²) in [6.07, 6.45) is 4.99. The molecule has 0 spiro atoms. The maximum atomic E-state index is 2.59. The summed E-state index contributed by atoms with van der Waals surface area (Å²) in [4.78, 5) is 0. The van der Waals surface area contributed by atoms with Crippen molar-refractivity contribution in [3.05, 3.63) is 168 Å². The van der Waals surface area contributed by atoms with E-state index in [4.69, 9.17) is 0 Å². The van der Waals surface area contributed by atoms with Crippen molar-refractivity contribution >= 4 is 67.2 Å². The quantitative estimate of drug-likeness (QED) is 0.227. The first-order valence-electron chi connectivity index (χ1n) is 15.7. The first-order chi connectivity index (χ1) is 22.3. The molecule has 2 aliphatic rings. The molecule has 0 saturated carbocycles. The van der Waals surface area contributed by atoms with Crippen molar-refractivity contribution in [1.82, 2.24) is 9.13 Å². The predicted octanol–water partition coefficient (Wildman–Crippen LogP) is 4.80. The van der Waals surface area contributed by atoms with Crippen molar-refractivity contribution in [2.45, 2.75) is 7.35 Å². The zero-order valence-electron chi connectivity index (χ0n) is 25.3. The smallest absolute Gasteiger partial charge is 1.00 e. The number of para-hydroxylation sites is 4. The average molecular weight is 810 g/mol. The third-order valence-electron chi connectivity index (χ3n) is 9.82. The number of fused-ring (bicyclic) bond motifs is 8. The Kier molecular flexibility index (Phi) is 7.60. The Morgan fingerprint density at radius 3 is 1.02 bits per heavy atom. The minimum absolute atomic E-state index is 0. The van der Waals surface area contributed by atoms with Crippen LogP contribution in [0.5, 0.6) is 0 Å². The fourth-order valence-corrected chi connectivity index (χ4v) is 15.1. The van der Waals surface area contributed by atoms with Gasteiger partial charge in [0.1, 0.15) is 0 Å². The molecule has 6 aromatic carbocycles. The number of rotatable bonds is 4. The molecule has 0 bridgehead atoms. The zero-order chi connectivity index (χ0) is 29.5. The number of halogens is 2. The molecule has 5 heteroatoms. The summed E-state index contributed by atoms with van der Waals surface area (Å²) in [5.74, 6) is 0. The van der Waals surface area contributed by atoms with Crippen molar-refractivity contribution < 1.29 is 47.7 Å². The van der Waals surface area contributed by atoms with Gasteiger partial charge in [0, 0.05) is 0 Å². The normalized spacial score (nSPS) is 16.3. The van der Waals surface area contributed by atoms with E-state index in [0.717, 1.165) is 0 Å². The summed E-state index contributed by atoms with van der Waals surface area (Å²) in [6.45, 7) is 0. The van der Waals surface area contributed by atoms with Crippen LogP contribution in [0.2, 0.25) is 0 Å². The predicted molar refractivity (Wildman–Crippen MR) is 186 cm³/mol. The van der Waals surface area contributed by atoms with E-state index in [1.165, 1.54) is 77.3 Å². The second-order valence-electron chi connectivity index (χ2n) is 12.2. The Labute approximate surface area is 297 Å². The molecule has 0 N–H and O–H groups in total. The number of allylic oxidation sites excluding steroid dienone is 2. The van der Waals surface area contributed by atoms with Crippen molar-refractivity contribution in [2.75, 3.05) is 0 Å². The third kappa shape index (κ3) is 4.48. The van der Waals surface area contributed by atoms with Crippen LogP contribution in [-0.2, 0) is 22.9 Å². The number of hydrogen-bond acceptors (Lipinski definition) is 0. The van der Waals surface area contributed by atoms with E-state index in [9.17, 15) is 0 Å². The van der Waals surface area contributed by atoms with E-state index in [0.29, 0.717) is 7.35 Å². The second-order valence-corrected chi connectivity index (χ2v) is 17.5. The van der Waals surface area contributed by atoms with Crippen LogP contribution < -0.4 is 24.8 Å². The Balaban J connectivity index is 0.00000162. The molecule has 2 aliphatic carbocycles. The van der Waals surface area contributed by atoms with Crippen LogP contribution in [0, 0.1) is 0 Å². The molecule has 0 saturated heterocycles. The number of benzene rings is 6. The fraction of sp³-hybridized carbons (Fsp3) is 0.0476. The van der Waals surface area contributed by atoms with E-state index >= 15 is 0 Å². The molecule has 2 unspecified atom stereocenters. The summed E-state index contributed by atoms with van der Waals surface area (Å²) < 4.78 is 6.03. The van der Waals surface area contributed by atoms with Gasteiger partial charge in [0.15, 0.2) is 0 Å². The van der Waals surface area contributed by atoms with Crippen molar-refractivity contribution in [1.29, 1.82) is 0 Å². The Morgan fingerprint density at radius 2 is 0.660 bits per heavy atom. The maximum absolute atomic E-state index is 2.59. The van der Waals surface area contributed by atoms with Crippen LogP contribution in [-0.4, -0.2) is 9.13 Å². The summed E-state index contributed by atoms with van der Waals surface area (Å²) in [7, 11) is 0. The van der Waals surface area contributed by atoms with Crippen LogP contribution in [0.25, 0.3) is 67.2 Å². The molecule has 0 aliphatic heterocycles. The zero-order valence-corrected chi connectivity index (χ0v) is 30.4. The van der Waals surface area contributed by atoms with Gasteiger partial charge in [-0.15, -0.1) is 0 Å². The van der Waals surface area contributed by atoms with Crippen LogP contribution in [0.3, 0.4) is 0 Å². The van der Waals surface area contributed by atoms with Gasteiger partial charge in [0.25, 0.3) is 0 Å². The molecule has 2 heterocycles.